The Balaban J connectivity index is 1.86. The second kappa shape index (κ2) is 6.58. The third-order valence-corrected chi connectivity index (χ3v) is 3.84. The number of benzene rings is 1. The van der Waals surface area contributed by atoms with Crippen LogP contribution >= 0.6 is 0 Å². The number of hydrogen-bond acceptors (Lipinski definition) is 2. The van der Waals surface area contributed by atoms with Crippen LogP contribution in [0, 0.1) is 5.92 Å². The molecule has 1 aliphatic carbocycles. The Hall–Kier alpha value is -1.31. The van der Waals surface area contributed by atoms with Crippen molar-refractivity contribution in [2.24, 2.45) is 5.92 Å². The van der Waals surface area contributed by atoms with E-state index in [0.717, 1.165) is 18.4 Å². The van der Waals surface area contributed by atoms with E-state index in [9.17, 15) is 4.79 Å². The predicted molar refractivity (Wildman–Crippen MR) is 72.3 cm³/mol. The molecule has 2 atom stereocenters. The summed E-state index contributed by atoms with van der Waals surface area (Å²) in [7, 11) is 0. The lowest BCUT2D eigenvalue weighted by Crippen LogP contribution is -2.30. The summed E-state index contributed by atoms with van der Waals surface area (Å²) in [5, 5.41) is 0. The number of hydrogen-bond donors (Lipinski definition) is 0. The summed E-state index contributed by atoms with van der Waals surface area (Å²) >= 11 is 0. The van der Waals surface area contributed by atoms with E-state index in [1.807, 2.05) is 30.3 Å². The second-order valence-electron chi connectivity index (χ2n) is 5.14. The molecule has 0 aliphatic heterocycles. The van der Waals surface area contributed by atoms with Gasteiger partial charge in [-0.05, 0) is 37.2 Å². The zero-order chi connectivity index (χ0) is 12.8. The average molecular weight is 246 g/mol. The first kappa shape index (κ1) is 13.1. The van der Waals surface area contributed by atoms with Crippen LogP contribution < -0.4 is 0 Å². The molecule has 0 amide bonds. The van der Waals surface area contributed by atoms with Gasteiger partial charge in [-0.1, -0.05) is 43.7 Å². The highest BCUT2D eigenvalue weighted by molar-refractivity contribution is 5.72. The number of carbonyl (C=O) groups excluding carboxylic acids is 1. The zero-order valence-electron chi connectivity index (χ0n) is 11.1. The molecule has 0 N–H and O–H groups in total. The van der Waals surface area contributed by atoms with Gasteiger partial charge in [0.2, 0.25) is 0 Å². The predicted octanol–water partition coefficient (Wildman–Crippen LogP) is 3.74. The van der Waals surface area contributed by atoms with Gasteiger partial charge in [0.25, 0.3) is 0 Å². The molecule has 2 rings (SSSR count). The van der Waals surface area contributed by atoms with Crippen molar-refractivity contribution < 1.29 is 9.53 Å². The first-order valence-electron chi connectivity index (χ1n) is 7.03. The van der Waals surface area contributed by atoms with E-state index < -0.39 is 0 Å². The van der Waals surface area contributed by atoms with Crippen molar-refractivity contribution >= 4 is 5.97 Å². The van der Waals surface area contributed by atoms with Gasteiger partial charge in [-0.2, -0.15) is 0 Å². The second-order valence-corrected chi connectivity index (χ2v) is 5.14. The minimum absolute atomic E-state index is 0.0773. The summed E-state index contributed by atoms with van der Waals surface area (Å²) in [4.78, 5) is 11.9. The Morgan fingerprint density at radius 1 is 1.22 bits per heavy atom. The Labute approximate surface area is 109 Å². The summed E-state index contributed by atoms with van der Waals surface area (Å²) in [6.45, 7) is 2.19. The smallest absolute Gasteiger partial charge is 0.310 e. The highest BCUT2D eigenvalue weighted by Gasteiger charge is 2.26. The maximum Gasteiger partial charge on any atom is 0.310 e. The molecule has 2 unspecified atom stereocenters. The number of rotatable bonds is 4. The van der Waals surface area contributed by atoms with E-state index >= 15 is 0 Å². The Morgan fingerprint density at radius 3 is 2.67 bits per heavy atom. The van der Waals surface area contributed by atoms with Crippen LogP contribution in [-0.4, -0.2) is 12.1 Å². The molecule has 1 aliphatic rings. The molecule has 2 heteroatoms. The lowest BCUT2D eigenvalue weighted by Gasteiger charge is -2.30. The fraction of sp³-hybridized carbons (Fsp3) is 0.562. The Bertz CT molecular complexity index is 372. The third-order valence-electron chi connectivity index (χ3n) is 3.84. The standard InChI is InChI=1S/C16H22O2/c1-2-14-10-6-7-11-15(14)18-16(17)12-13-8-4-3-5-9-13/h3-5,8-9,14-15H,2,6-7,10-12H2,1H3. The van der Waals surface area contributed by atoms with Crippen LogP contribution in [0.2, 0.25) is 0 Å². The fourth-order valence-corrected chi connectivity index (χ4v) is 2.77. The molecular formula is C16H22O2. The quantitative estimate of drug-likeness (QED) is 0.756. The monoisotopic (exact) mass is 246 g/mol. The van der Waals surface area contributed by atoms with Crippen molar-refractivity contribution in [2.75, 3.05) is 0 Å². The SMILES string of the molecule is CCC1CCCCC1OC(=O)Cc1ccccc1. The van der Waals surface area contributed by atoms with Crippen LogP contribution in [0.1, 0.15) is 44.6 Å². The van der Waals surface area contributed by atoms with E-state index in [0.29, 0.717) is 12.3 Å². The molecule has 98 valence electrons. The van der Waals surface area contributed by atoms with Crippen LogP contribution in [0.25, 0.3) is 0 Å². The van der Waals surface area contributed by atoms with Crippen LogP contribution in [0.15, 0.2) is 30.3 Å². The van der Waals surface area contributed by atoms with Crippen LogP contribution in [0.5, 0.6) is 0 Å². The molecule has 0 saturated heterocycles. The van der Waals surface area contributed by atoms with Crippen molar-refractivity contribution in [2.45, 2.75) is 51.6 Å². The molecule has 0 bridgehead atoms. The highest BCUT2D eigenvalue weighted by Crippen LogP contribution is 2.29. The summed E-state index contributed by atoms with van der Waals surface area (Å²) in [6, 6.07) is 9.82. The van der Waals surface area contributed by atoms with Crippen molar-refractivity contribution in [3.05, 3.63) is 35.9 Å². The van der Waals surface area contributed by atoms with E-state index in [2.05, 4.69) is 6.92 Å². The van der Waals surface area contributed by atoms with Gasteiger partial charge in [-0.25, -0.2) is 0 Å². The molecule has 1 fully saturated rings. The van der Waals surface area contributed by atoms with E-state index in [1.165, 1.54) is 19.3 Å². The largest absolute Gasteiger partial charge is 0.462 e. The van der Waals surface area contributed by atoms with Gasteiger partial charge in [0.05, 0.1) is 6.42 Å². The minimum Gasteiger partial charge on any atom is -0.462 e. The normalized spacial score (nSPS) is 23.6. The first-order chi connectivity index (χ1) is 8.79. The van der Waals surface area contributed by atoms with Crippen LogP contribution in [0.4, 0.5) is 0 Å². The van der Waals surface area contributed by atoms with Crippen LogP contribution in [0.3, 0.4) is 0 Å². The Morgan fingerprint density at radius 2 is 1.94 bits per heavy atom. The lowest BCUT2D eigenvalue weighted by atomic mass is 9.85. The molecule has 18 heavy (non-hydrogen) atoms. The van der Waals surface area contributed by atoms with Gasteiger partial charge in [-0.3, -0.25) is 4.79 Å². The zero-order valence-corrected chi connectivity index (χ0v) is 11.1. The molecule has 1 aromatic carbocycles. The maximum atomic E-state index is 11.9. The summed E-state index contributed by atoms with van der Waals surface area (Å²) in [5.41, 5.74) is 1.03. The molecule has 0 heterocycles. The van der Waals surface area contributed by atoms with Crippen molar-refractivity contribution in [3.8, 4) is 0 Å². The van der Waals surface area contributed by atoms with Crippen molar-refractivity contribution in [3.63, 3.8) is 0 Å². The van der Waals surface area contributed by atoms with E-state index in [1.54, 1.807) is 0 Å². The van der Waals surface area contributed by atoms with E-state index in [4.69, 9.17) is 4.74 Å². The molecule has 2 nitrogen and oxygen atoms in total. The maximum absolute atomic E-state index is 11.9. The number of esters is 1. The van der Waals surface area contributed by atoms with E-state index in [-0.39, 0.29) is 12.1 Å². The van der Waals surface area contributed by atoms with Gasteiger partial charge in [0.15, 0.2) is 0 Å². The van der Waals surface area contributed by atoms with Crippen molar-refractivity contribution in [1.82, 2.24) is 0 Å². The topological polar surface area (TPSA) is 26.3 Å². The summed E-state index contributed by atoms with van der Waals surface area (Å²) in [5.74, 6) is 0.491. The van der Waals surface area contributed by atoms with Gasteiger partial charge in [-0.15, -0.1) is 0 Å². The Kier molecular flexibility index (Phi) is 4.80. The molecule has 0 spiro atoms. The molecule has 1 saturated carbocycles. The summed E-state index contributed by atoms with van der Waals surface area (Å²) < 4.78 is 5.66. The average Bonchev–Trinajstić information content (AvgIpc) is 2.40. The third kappa shape index (κ3) is 3.59. The molecule has 0 radical (unpaired) electrons. The first-order valence-corrected chi connectivity index (χ1v) is 7.03. The number of ether oxygens (including phenoxy) is 1. The summed E-state index contributed by atoms with van der Waals surface area (Å²) in [6.07, 6.45) is 6.39. The minimum atomic E-state index is -0.0773. The highest BCUT2D eigenvalue weighted by atomic mass is 16.5. The molecule has 1 aromatic rings. The fourth-order valence-electron chi connectivity index (χ4n) is 2.77. The van der Waals surface area contributed by atoms with Crippen molar-refractivity contribution in [1.29, 1.82) is 0 Å². The van der Waals surface area contributed by atoms with Gasteiger partial charge in [0.1, 0.15) is 6.10 Å². The van der Waals surface area contributed by atoms with Crippen LogP contribution in [-0.2, 0) is 16.0 Å². The molecule has 0 aromatic heterocycles. The number of carbonyl (C=O) groups is 1. The lowest BCUT2D eigenvalue weighted by molar-refractivity contribution is -0.152. The van der Waals surface area contributed by atoms with Gasteiger partial charge < -0.3 is 4.74 Å². The molecular weight excluding hydrogens is 224 g/mol. The van der Waals surface area contributed by atoms with Gasteiger partial charge >= 0.3 is 5.97 Å². The van der Waals surface area contributed by atoms with Gasteiger partial charge in [0, 0.05) is 0 Å².